The normalized spacial score (nSPS) is 11.4. The van der Waals surface area contributed by atoms with Crippen LogP contribution in [0.5, 0.6) is 0 Å². The first kappa shape index (κ1) is 27.9. The number of aromatic nitrogens is 1. The van der Waals surface area contributed by atoms with Crippen LogP contribution in [-0.4, -0.2) is 36.8 Å². The van der Waals surface area contributed by atoms with E-state index in [9.17, 15) is 23.1 Å². The molecular formula is C28H33N3O5S. The van der Waals surface area contributed by atoms with Gasteiger partial charge in [-0.3, -0.25) is 9.78 Å². The van der Waals surface area contributed by atoms with Crippen LogP contribution in [-0.2, 0) is 34.0 Å². The van der Waals surface area contributed by atoms with E-state index in [2.05, 4.69) is 24.5 Å². The van der Waals surface area contributed by atoms with E-state index in [0.717, 1.165) is 34.2 Å². The molecular weight excluding hydrogens is 490 g/mol. The molecule has 0 bridgehead atoms. The van der Waals surface area contributed by atoms with Crippen molar-refractivity contribution in [3.63, 3.8) is 0 Å². The molecule has 3 rings (SSSR count). The molecule has 2 amide bonds. The molecule has 0 saturated carbocycles. The molecule has 1 heterocycles. The molecule has 2 aromatic carbocycles. The highest BCUT2D eigenvalue weighted by Crippen LogP contribution is 2.33. The third-order valence-corrected chi connectivity index (χ3v) is 7.04. The Labute approximate surface area is 218 Å². The van der Waals surface area contributed by atoms with Crippen LogP contribution in [0.1, 0.15) is 41.9 Å². The van der Waals surface area contributed by atoms with E-state index < -0.39 is 15.9 Å². The lowest BCUT2D eigenvalue weighted by Gasteiger charge is -2.22. The van der Waals surface area contributed by atoms with Gasteiger partial charge in [0.1, 0.15) is 0 Å². The van der Waals surface area contributed by atoms with Gasteiger partial charge in [-0.25, -0.2) is 13.2 Å². The van der Waals surface area contributed by atoms with E-state index in [0.29, 0.717) is 23.4 Å². The van der Waals surface area contributed by atoms with Crippen molar-refractivity contribution >= 4 is 27.5 Å². The van der Waals surface area contributed by atoms with Crippen LogP contribution in [0.2, 0.25) is 0 Å². The zero-order valence-electron chi connectivity index (χ0n) is 21.8. The summed E-state index contributed by atoms with van der Waals surface area (Å²) < 4.78 is 23.8. The van der Waals surface area contributed by atoms with Gasteiger partial charge in [0.05, 0.1) is 11.3 Å². The predicted octanol–water partition coefficient (Wildman–Crippen LogP) is 4.92. The number of hydrogen-bond donors (Lipinski definition) is 3. The Balaban J connectivity index is 2.10. The van der Waals surface area contributed by atoms with Crippen molar-refractivity contribution in [1.82, 2.24) is 10.3 Å². The first-order valence-corrected chi connectivity index (χ1v) is 13.9. The van der Waals surface area contributed by atoms with Gasteiger partial charge in [0.2, 0.25) is 5.91 Å². The summed E-state index contributed by atoms with van der Waals surface area (Å²) >= 11 is 0. The first-order valence-electron chi connectivity index (χ1n) is 12.0. The number of anilines is 1. The lowest BCUT2D eigenvalue weighted by molar-refractivity contribution is -0.115. The van der Waals surface area contributed by atoms with E-state index in [1.54, 1.807) is 12.1 Å². The van der Waals surface area contributed by atoms with Gasteiger partial charge in [-0.15, -0.1) is 0 Å². The molecule has 3 N–H and O–H groups in total. The smallest absolute Gasteiger partial charge is 0.404 e. The first-order chi connectivity index (χ1) is 17.3. The van der Waals surface area contributed by atoms with Gasteiger partial charge in [0, 0.05) is 35.4 Å². The summed E-state index contributed by atoms with van der Waals surface area (Å²) in [6.45, 7) is 8.03. The van der Waals surface area contributed by atoms with E-state index in [1.807, 2.05) is 38.1 Å². The molecule has 37 heavy (non-hydrogen) atoms. The lowest BCUT2D eigenvalue weighted by Crippen LogP contribution is -2.24. The Morgan fingerprint density at radius 2 is 1.70 bits per heavy atom. The maximum atomic E-state index is 13.2. The number of aryl methyl sites for hydroxylation is 2. The maximum absolute atomic E-state index is 13.2. The minimum atomic E-state index is -3.42. The Morgan fingerprint density at radius 1 is 1.03 bits per heavy atom. The number of carbonyl (C=O) groups is 2. The Bertz CT molecular complexity index is 1410. The standard InChI is InChI=1S/C28H33N3O5S/c1-17(2)13-25-24(16-29-28(33)34)27(20-11-9-18(3)10-12-20)23(19(4)30-25)15-26(32)31-21-7-6-8-22(14-21)37(5,35)36/h6-12,14,17,29H,13,15-16H2,1-5H3,(H,31,32)(H,33,34). The third-order valence-electron chi connectivity index (χ3n) is 5.93. The second-order valence-electron chi connectivity index (χ2n) is 9.62. The van der Waals surface area contributed by atoms with Crippen molar-refractivity contribution in [2.45, 2.75) is 52.0 Å². The van der Waals surface area contributed by atoms with Gasteiger partial charge in [-0.1, -0.05) is 49.7 Å². The zero-order valence-corrected chi connectivity index (χ0v) is 22.6. The number of hydrogen-bond acceptors (Lipinski definition) is 5. The van der Waals surface area contributed by atoms with Crippen molar-refractivity contribution < 1.29 is 23.1 Å². The molecule has 8 nitrogen and oxygen atoms in total. The second-order valence-corrected chi connectivity index (χ2v) is 11.6. The molecule has 0 unspecified atom stereocenters. The van der Waals surface area contributed by atoms with Gasteiger partial charge in [0.15, 0.2) is 9.84 Å². The fraction of sp³-hybridized carbons (Fsp3) is 0.321. The number of carbonyl (C=O) groups excluding carboxylic acids is 1. The number of rotatable bonds is 9. The van der Waals surface area contributed by atoms with Crippen molar-refractivity contribution in [2.24, 2.45) is 5.92 Å². The fourth-order valence-corrected chi connectivity index (χ4v) is 4.88. The number of pyridine rings is 1. The Hall–Kier alpha value is -3.72. The summed E-state index contributed by atoms with van der Waals surface area (Å²) in [5, 5.41) is 14.6. The van der Waals surface area contributed by atoms with Crippen LogP contribution in [0, 0.1) is 19.8 Å². The van der Waals surface area contributed by atoms with Crippen molar-refractivity contribution in [3.05, 3.63) is 76.6 Å². The van der Waals surface area contributed by atoms with E-state index >= 15 is 0 Å². The summed E-state index contributed by atoms with van der Waals surface area (Å²) in [6, 6.07) is 14.0. The van der Waals surface area contributed by atoms with Crippen LogP contribution in [0.15, 0.2) is 53.4 Å². The number of nitrogens with zero attached hydrogens (tertiary/aromatic N) is 1. The maximum Gasteiger partial charge on any atom is 0.404 e. The molecule has 0 saturated heterocycles. The van der Waals surface area contributed by atoms with Gasteiger partial charge in [-0.2, -0.15) is 0 Å². The van der Waals surface area contributed by atoms with Crippen molar-refractivity contribution in [3.8, 4) is 11.1 Å². The topological polar surface area (TPSA) is 125 Å². The fourth-order valence-electron chi connectivity index (χ4n) is 4.21. The third kappa shape index (κ3) is 7.39. The highest BCUT2D eigenvalue weighted by atomic mass is 32.2. The van der Waals surface area contributed by atoms with E-state index in [1.165, 1.54) is 12.1 Å². The monoisotopic (exact) mass is 523 g/mol. The zero-order chi connectivity index (χ0) is 27.3. The molecule has 9 heteroatoms. The van der Waals surface area contributed by atoms with Gasteiger partial charge >= 0.3 is 6.09 Å². The Kier molecular flexibility index (Phi) is 8.70. The van der Waals surface area contributed by atoms with Crippen LogP contribution < -0.4 is 10.6 Å². The molecule has 3 aromatic rings. The summed E-state index contributed by atoms with van der Waals surface area (Å²) in [5.74, 6) is -0.0460. The number of carboxylic acid groups (broad SMARTS) is 1. The minimum Gasteiger partial charge on any atom is -0.465 e. The summed E-state index contributed by atoms with van der Waals surface area (Å²) in [6.07, 6.45) is 0.604. The second kappa shape index (κ2) is 11.6. The number of sulfone groups is 1. The SMILES string of the molecule is Cc1ccc(-c2c(CC(=O)Nc3cccc(S(C)(=O)=O)c3)c(C)nc(CC(C)C)c2CNC(=O)O)cc1. The number of benzene rings is 2. The molecule has 0 aliphatic heterocycles. The highest BCUT2D eigenvalue weighted by Gasteiger charge is 2.22. The summed E-state index contributed by atoms with van der Waals surface area (Å²) in [4.78, 5) is 29.5. The average molecular weight is 524 g/mol. The molecule has 0 fully saturated rings. The molecule has 0 aliphatic carbocycles. The summed E-state index contributed by atoms with van der Waals surface area (Å²) in [7, 11) is -3.42. The van der Waals surface area contributed by atoms with Crippen molar-refractivity contribution in [1.29, 1.82) is 0 Å². The molecule has 0 spiro atoms. The molecule has 0 aliphatic rings. The van der Waals surface area contributed by atoms with Crippen LogP contribution in [0.25, 0.3) is 11.1 Å². The molecule has 0 atom stereocenters. The average Bonchev–Trinajstić information content (AvgIpc) is 2.79. The van der Waals surface area contributed by atoms with Crippen molar-refractivity contribution in [2.75, 3.05) is 11.6 Å². The molecule has 0 radical (unpaired) electrons. The lowest BCUT2D eigenvalue weighted by atomic mass is 9.88. The largest absolute Gasteiger partial charge is 0.465 e. The quantitative estimate of drug-likeness (QED) is 0.366. The Morgan fingerprint density at radius 3 is 2.30 bits per heavy atom. The molecule has 196 valence electrons. The van der Waals surface area contributed by atoms with Crippen LogP contribution >= 0.6 is 0 Å². The predicted molar refractivity (Wildman–Crippen MR) is 144 cm³/mol. The van der Waals surface area contributed by atoms with Crippen LogP contribution in [0.3, 0.4) is 0 Å². The summed E-state index contributed by atoms with van der Waals surface area (Å²) in [5.41, 5.74) is 6.02. The van der Waals surface area contributed by atoms with E-state index in [4.69, 9.17) is 4.98 Å². The van der Waals surface area contributed by atoms with Gasteiger partial charge in [0.25, 0.3) is 0 Å². The number of nitrogens with one attached hydrogen (secondary N) is 2. The number of amides is 2. The van der Waals surface area contributed by atoms with Gasteiger partial charge < -0.3 is 15.7 Å². The van der Waals surface area contributed by atoms with Gasteiger partial charge in [-0.05, 0) is 61.1 Å². The molecule has 1 aromatic heterocycles. The minimum absolute atomic E-state index is 0.0207. The van der Waals surface area contributed by atoms with Crippen LogP contribution in [0.4, 0.5) is 10.5 Å². The highest BCUT2D eigenvalue weighted by molar-refractivity contribution is 7.90. The van der Waals surface area contributed by atoms with E-state index in [-0.39, 0.29) is 29.7 Å².